The molecule has 0 saturated carbocycles. The Labute approximate surface area is 91.2 Å². The molecule has 0 atom stereocenters. The van der Waals surface area contributed by atoms with Crippen LogP contribution in [0.3, 0.4) is 0 Å². The van der Waals surface area contributed by atoms with Crippen molar-refractivity contribution in [1.29, 1.82) is 0 Å². The van der Waals surface area contributed by atoms with E-state index in [2.05, 4.69) is 4.98 Å². The van der Waals surface area contributed by atoms with Crippen molar-refractivity contribution in [3.05, 3.63) is 58.3 Å². The molecule has 16 heavy (non-hydrogen) atoms. The number of hydrogen-bond donors (Lipinski definition) is 2. The summed E-state index contributed by atoms with van der Waals surface area (Å²) in [6.45, 7) is -0.254. The van der Waals surface area contributed by atoms with Gasteiger partial charge in [-0.15, -0.1) is 0 Å². The normalized spacial score (nSPS) is 10.4. The lowest BCUT2D eigenvalue weighted by molar-refractivity contribution is 0.282. The van der Waals surface area contributed by atoms with E-state index in [9.17, 15) is 9.18 Å². The molecule has 0 saturated heterocycles. The highest BCUT2D eigenvalue weighted by atomic mass is 19.1. The van der Waals surface area contributed by atoms with Gasteiger partial charge in [-0.2, -0.15) is 0 Å². The highest BCUT2D eigenvalue weighted by Crippen LogP contribution is 2.22. The van der Waals surface area contributed by atoms with Gasteiger partial charge in [0.1, 0.15) is 5.82 Å². The number of hydrogen-bond acceptors (Lipinski definition) is 2. The predicted octanol–water partition coefficient (Wildman–Crippen LogP) is 1.67. The van der Waals surface area contributed by atoms with Gasteiger partial charge < -0.3 is 10.1 Å². The van der Waals surface area contributed by atoms with Crippen molar-refractivity contribution in [2.75, 3.05) is 0 Å². The number of nitrogens with one attached hydrogen (secondary N) is 1. The Kier molecular flexibility index (Phi) is 2.83. The fraction of sp³-hybridized carbons (Fsp3) is 0.0833. The molecule has 0 fully saturated rings. The van der Waals surface area contributed by atoms with Crippen LogP contribution in [0.5, 0.6) is 0 Å². The van der Waals surface area contributed by atoms with Gasteiger partial charge in [0.15, 0.2) is 0 Å². The summed E-state index contributed by atoms with van der Waals surface area (Å²) in [4.78, 5) is 13.6. The summed E-state index contributed by atoms with van der Waals surface area (Å²) in [6, 6.07) is 7.30. The van der Waals surface area contributed by atoms with Crippen LogP contribution in [0.1, 0.15) is 5.56 Å². The lowest BCUT2D eigenvalue weighted by atomic mass is 10.0. The predicted molar refractivity (Wildman–Crippen MR) is 58.4 cm³/mol. The molecule has 1 heterocycles. The zero-order valence-electron chi connectivity index (χ0n) is 8.40. The van der Waals surface area contributed by atoms with E-state index in [1.807, 2.05) is 0 Å². The summed E-state index contributed by atoms with van der Waals surface area (Å²) in [5.41, 5.74) is 1.44. The Morgan fingerprint density at radius 1 is 1.31 bits per heavy atom. The summed E-state index contributed by atoms with van der Waals surface area (Å²) >= 11 is 0. The van der Waals surface area contributed by atoms with Crippen molar-refractivity contribution in [1.82, 2.24) is 4.98 Å². The number of aromatic amines is 1. The number of aliphatic hydroxyl groups is 1. The monoisotopic (exact) mass is 219 g/mol. The molecule has 1 aromatic heterocycles. The molecule has 82 valence electrons. The van der Waals surface area contributed by atoms with Gasteiger partial charge in [-0.25, -0.2) is 4.39 Å². The number of pyridine rings is 1. The first-order valence-corrected chi connectivity index (χ1v) is 4.79. The second kappa shape index (κ2) is 4.28. The van der Waals surface area contributed by atoms with Crippen LogP contribution in [0.2, 0.25) is 0 Å². The van der Waals surface area contributed by atoms with Gasteiger partial charge in [0, 0.05) is 17.8 Å². The molecule has 0 aliphatic carbocycles. The fourth-order valence-corrected chi connectivity index (χ4v) is 1.57. The zero-order chi connectivity index (χ0) is 11.5. The number of aromatic nitrogens is 1. The Bertz CT molecular complexity index is 563. The molecule has 2 aromatic rings. The quantitative estimate of drug-likeness (QED) is 0.807. The summed E-state index contributed by atoms with van der Waals surface area (Å²) in [5, 5.41) is 9.13. The molecule has 2 N–H and O–H groups in total. The van der Waals surface area contributed by atoms with Gasteiger partial charge in [-0.3, -0.25) is 4.79 Å². The molecule has 1 aromatic carbocycles. The third-order valence-electron chi connectivity index (χ3n) is 2.32. The minimum absolute atomic E-state index is 0.254. The number of aliphatic hydroxyl groups excluding tert-OH is 1. The lowest BCUT2D eigenvalue weighted by Crippen LogP contribution is -2.06. The Morgan fingerprint density at radius 2 is 2.12 bits per heavy atom. The molecule has 0 aliphatic rings. The Morgan fingerprint density at radius 3 is 2.81 bits per heavy atom. The average molecular weight is 219 g/mol. The number of rotatable bonds is 2. The second-order valence-electron chi connectivity index (χ2n) is 3.40. The van der Waals surface area contributed by atoms with E-state index in [1.54, 1.807) is 12.1 Å². The van der Waals surface area contributed by atoms with Crippen molar-refractivity contribution in [2.45, 2.75) is 6.61 Å². The maximum absolute atomic E-state index is 13.0. The molecule has 0 unspecified atom stereocenters. The minimum atomic E-state index is -0.354. The Balaban J connectivity index is 2.59. The molecule has 0 aliphatic heterocycles. The highest BCUT2D eigenvalue weighted by molar-refractivity contribution is 5.66. The maximum atomic E-state index is 13.0. The van der Waals surface area contributed by atoms with Gasteiger partial charge in [-0.05, 0) is 23.3 Å². The van der Waals surface area contributed by atoms with E-state index in [0.717, 1.165) is 0 Å². The van der Waals surface area contributed by atoms with E-state index in [0.29, 0.717) is 16.7 Å². The van der Waals surface area contributed by atoms with Crippen LogP contribution in [0, 0.1) is 5.82 Å². The summed E-state index contributed by atoms with van der Waals surface area (Å²) < 4.78 is 13.0. The highest BCUT2D eigenvalue weighted by Gasteiger charge is 2.05. The topological polar surface area (TPSA) is 53.1 Å². The first-order valence-electron chi connectivity index (χ1n) is 4.79. The van der Waals surface area contributed by atoms with E-state index in [-0.39, 0.29) is 18.0 Å². The van der Waals surface area contributed by atoms with Crippen molar-refractivity contribution < 1.29 is 9.50 Å². The van der Waals surface area contributed by atoms with Crippen LogP contribution < -0.4 is 5.56 Å². The number of H-pyrrole nitrogens is 1. The van der Waals surface area contributed by atoms with Gasteiger partial charge in [-0.1, -0.05) is 12.1 Å². The first kappa shape index (κ1) is 10.6. The van der Waals surface area contributed by atoms with Crippen LogP contribution in [-0.4, -0.2) is 10.1 Å². The molecule has 3 nitrogen and oxygen atoms in total. The van der Waals surface area contributed by atoms with Crippen LogP contribution in [0.15, 0.2) is 41.3 Å². The van der Waals surface area contributed by atoms with Gasteiger partial charge in [0.25, 0.3) is 0 Å². The van der Waals surface area contributed by atoms with E-state index < -0.39 is 0 Å². The first-order chi connectivity index (χ1) is 7.70. The SMILES string of the molecule is O=c1cc(CO)c(-c2cccc(F)c2)c[nH]1. The summed E-state index contributed by atoms with van der Waals surface area (Å²) in [6.07, 6.45) is 1.47. The van der Waals surface area contributed by atoms with Crippen LogP contribution >= 0.6 is 0 Å². The molecular formula is C12H10FNO2. The van der Waals surface area contributed by atoms with E-state index in [4.69, 9.17) is 5.11 Å². The molecule has 0 radical (unpaired) electrons. The van der Waals surface area contributed by atoms with Crippen LogP contribution in [0.25, 0.3) is 11.1 Å². The third-order valence-corrected chi connectivity index (χ3v) is 2.32. The van der Waals surface area contributed by atoms with Gasteiger partial charge in [0.2, 0.25) is 5.56 Å². The van der Waals surface area contributed by atoms with Gasteiger partial charge >= 0.3 is 0 Å². The summed E-state index contributed by atoms with van der Waals surface area (Å²) in [7, 11) is 0. The fourth-order valence-electron chi connectivity index (χ4n) is 1.57. The molecule has 2 rings (SSSR count). The molecular weight excluding hydrogens is 209 g/mol. The smallest absolute Gasteiger partial charge is 0.248 e. The van der Waals surface area contributed by atoms with E-state index >= 15 is 0 Å². The Hall–Kier alpha value is -1.94. The van der Waals surface area contributed by atoms with Crippen molar-refractivity contribution in [2.24, 2.45) is 0 Å². The van der Waals surface area contributed by atoms with Gasteiger partial charge in [0.05, 0.1) is 6.61 Å². The molecule has 0 amide bonds. The third kappa shape index (κ3) is 2.01. The largest absolute Gasteiger partial charge is 0.392 e. The maximum Gasteiger partial charge on any atom is 0.248 e. The molecule has 0 spiro atoms. The average Bonchev–Trinajstić information content (AvgIpc) is 2.28. The van der Waals surface area contributed by atoms with Crippen molar-refractivity contribution in [3.8, 4) is 11.1 Å². The van der Waals surface area contributed by atoms with E-state index in [1.165, 1.54) is 24.4 Å². The second-order valence-corrected chi connectivity index (χ2v) is 3.40. The van der Waals surface area contributed by atoms with Crippen molar-refractivity contribution in [3.63, 3.8) is 0 Å². The molecule has 0 bridgehead atoms. The lowest BCUT2D eigenvalue weighted by Gasteiger charge is -2.06. The number of halogens is 1. The molecule has 4 heteroatoms. The number of benzene rings is 1. The standard InChI is InChI=1S/C12H10FNO2/c13-10-3-1-2-8(4-10)11-6-14-12(16)5-9(11)7-15/h1-6,15H,7H2,(H,14,16). The minimum Gasteiger partial charge on any atom is -0.392 e. The van der Waals surface area contributed by atoms with Crippen LogP contribution in [0.4, 0.5) is 4.39 Å². The zero-order valence-corrected chi connectivity index (χ0v) is 8.40. The van der Waals surface area contributed by atoms with Crippen molar-refractivity contribution >= 4 is 0 Å². The summed E-state index contributed by atoms with van der Waals surface area (Å²) in [5.74, 6) is -0.354. The van der Waals surface area contributed by atoms with Crippen LogP contribution in [-0.2, 0) is 6.61 Å².